The fourth-order valence-corrected chi connectivity index (χ4v) is 3.80. The summed E-state index contributed by atoms with van der Waals surface area (Å²) in [7, 11) is 0. The van der Waals surface area contributed by atoms with Crippen LogP contribution in [0.5, 0.6) is 0 Å². The summed E-state index contributed by atoms with van der Waals surface area (Å²) in [5.74, 6) is -3.32. The zero-order chi connectivity index (χ0) is 27.5. The molecule has 0 radical (unpaired) electrons. The van der Waals surface area contributed by atoms with Crippen LogP contribution in [0.3, 0.4) is 0 Å². The standard InChI is InChI=1S/C23H34N8O5S/c1-12(19(32)30-17(22(35)36)7-4-8-27-23(25)26)29-21(34)18(11-37)31-20(33)15(24)9-13-10-28-16-6-3-2-5-14(13)16/h2-3,5-6,10,12,15,17-18,28,37H,4,7-9,11,24H2,1H3,(H,29,34)(H,30,32)(H,31,33)(H,35,36)(H4,25,26,27). The minimum Gasteiger partial charge on any atom is -0.480 e. The number of aromatic amines is 1. The molecule has 11 N–H and O–H groups in total. The minimum absolute atomic E-state index is 0.0474. The Kier molecular flexibility index (Phi) is 11.2. The number of aromatic nitrogens is 1. The Labute approximate surface area is 219 Å². The van der Waals surface area contributed by atoms with Gasteiger partial charge in [0.2, 0.25) is 17.7 Å². The molecular weight excluding hydrogens is 500 g/mol. The van der Waals surface area contributed by atoms with Gasteiger partial charge in [0.25, 0.3) is 0 Å². The number of thiol groups is 1. The maximum absolute atomic E-state index is 12.7. The Morgan fingerprint density at radius 3 is 2.38 bits per heavy atom. The maximum atomic E-state index is 12.7. The predicted molar refractivity (Wildman–Crippen MR) is 143 cm³/mol. The molecule has 0 bridgehead atoms. The van der Waals surface area contributed by atoms with E-state index in [1.807, 2.05) is 24.3 Å². The van der Waals surface area contributed by atoms with Gasteiger partial charge in [-0.3, -0.25) is 19.4 Å². The van der Waals surface area contributed by atoms with Crippen LogP contribution in [0.25, 0.3) is 10.9 Å². The number of amides is 3. The van der Waals surface area contributed by atoms with E-state index in [-0.39, 0.29) is 31.1 Å². The Morgan fingerprint density at radius 1 is 1.05 bits per heavy atom. The van der Waals surface area contributed by atoms with Crippen molar-refractivity contribution in [3.63, 3.8) is 0 Å². The lowest BCUT2D eigenvalue weighted by molar-refractivity contribution is -0.142. The number of aliphatic imine (C=N–C) groups is 1. The molecule has 0 spiro atoms. The molecule has 202 valence electrons. The first-order valence-electron chi connectivity index (χ1n) is 11.6. The summed E-state index contributed by atoms with van der Waals surface area (Å²) in [5.41, 5.74) is 18.3. The lowest BCUT2D eigenvalue weighted by atomic mass is 10.0. The smallest absolute Gasteiger partial charge is 0.326 e. The number of para-hydroxylation sites is 1. The van der Waals surface area contributed by atoms with E-state index in [9.17, 15) is 24.3 Å². The summed E-state index contributed by atoms with van der Waals surface area (Å²) in [4.78, 5) is 56.2. The SMILES string of the molecule is CC(NC(=O)C(CS)NC(=O)C(N)Cc1c[nH]c2ccccc12)C(=O)NC(CCCN=C(N)N)C(=O)O. The second-order valence-electron chi connectivity index (χ2n) is 8.49. The number of hydrogen-bond acceptors (Lipinski definition) is 7. The van der Waals surface area contributed by atoms with Crippen LogP contribution < -0.4 is 33.2 Å². The molecule has 3 amide bonds. The topological polar surface area (TPSA) is 231 Å². The Hall–Kier alpha value is -3.78. The van der Waals surface area contributed by atoms with E-state index < -0.39 is 47.9 Å². The van der Waals surface area contributed by atoms with E-state index in [0.717, 1.165) is 16.5 Å². The number of rotatable bonds is 14. The number of carboxylic acid groups (broad SMARTS) is 1. The number of guanidine groups is 1. The summed E-state index contributed by atoms with van der Waals surface area (Å²) in [5, 5.41) is 17.7. The van der Waals surface area contributed by atoms with Crippen LogP contribution in [0.15, 0.2) is 35.5 Å². The molecule has 37 heavy (non-hydrogen) atoms. The third-order valence-corrected chi connectivity index (χ3v) is 5.94. The number of aliphatic carboxylic acids is 1. The second kappa shape index (κ2) is 14.1. The first kappa shape index (κ1) is 29.5. The fraction of sp³-hybridized carbons (Fsp3) is 0.435. The van der Waals surface area contributed by atoms with Crippen molar-refractivity contribution in [3.05, 3.63) is 36.0 Å². The number of benzene rings is 1. The van der Waals surface area contributed by atoms with Crippen molar-refractivity contribution in [1.29, 1.82) is 0 Å². The molecule has 14 heteroatoms. The first-order chi connectivity index (χ1) is 17.5. The third-order valence-electron chi connectivity index (χ3n) is 5.58. The highest BCUT2D eigenvalue weighted by Gasteiger charge is 2.28. The van der Waals surface area contributed by atoms with Crippen LogP contribution in [0.1, 0.15) is 25.3 Å². The molecule has 1 aromatic heterocycles. The van der Waals surface area contributed by atoms with Gasteiger partial charge < -0.3 is 43.2 Å². The number of nitrogens with zero attached hydrogens (tertiary/aromatic N) is 1. The van der Waals surface area contributed by atoms with Crippen molar-refractivity contribution in [2.24, 2.45) is 22.2 Å². The van der Waals surface area contributed by atoms with Crippen LogP contribution in [0.4, 0.5) is 0 Å². The van der Waals surface area contributed by atoms with E-state index in [1.165, 1.54) is 6.92 Å². The van der Waals surface area contributed by atoms with E-state index in [0.29, 0.717) is 6.42 Å². The van der Waals surface area contributed by atoms with Gasteiger partial charge in [-0.2, -0.15) is 12.6 Å². The molecule has 0 saturated heterocycles. The van der Waals surface area contributed by atoms with Crippen molar-refractivity contribution in [2.45, 2.75) is 50.4 Å². The molecule has 0 aliphatic carbocycles. The van der Waals surface area contributed by atoms with E-state index >= 15 is 0 Å². The highest BCUT2D eigenvalue weighted by Crippen LogP contribution is 2.18. The average Bonchev–Trinajstić information content (AvgIpc) is 3.26. The van der Waals surface area contributed by atoms with Gasteiger partial charge in [-0.15, -0.1) is 0 Å². The molecule has 0 fully saturated rings. The lowest BCUT2D eigenvalue weighted by Gasteiger charge is -2.22. The summed E-state index contributed by atoms with van der Waals surface area (Å²) in [6.07, 6.45) is 2.44. The molecular formula is C23H34N8O5S. The Morgan fingerprint density at radius 2 is 1.73 bits per heavy atom. The number of carbonyl (C=O) groups excluding carboxylic acids is 3. The van der Waals surface area contributed by atoms with Crippen LogP contribution in [0, 0.1) is 0 Å². The minimum atomic E-state index is -1.23. The van der Waals surface area contributed by atoms with Gasteiger partial charge in [0.05, 0.1) is 6.04 Å². The highest BCUT2D eigenvalue weighted by molar-refractivity contribution is 7.80. The molecule has 1 aromatic carbocycles. The average molecular weight is 535 g/mol. The number of nitrogens with two attached hydrogens (primary N) is 3. The number of nitrogens with one attached hydrogen (secondary N) is 4. The largest absolute Gasteiger partial charge is 0.480 e. The normalized spacial score (nSPS) is 14.1. The third kappa shape index (κ3) is 8.99. The molecule has 2 rings (SSSR count). The molecule has 0 saturated carbocycles. The first-order valence-corrected chi connectivity index (χ1v) is 12.3. The zero-order valence-corrected chi connectivity index (χ0v) is 21.3. The summed E-state index contributed by atoms with van der Waals surface area (Å²) >= 11 is 4.13. The molecule has 0 aliphatic heterocycles. The van der Waals surface area contributed by atoms with E-state index in [4.69, 9.17) is 17.2 Å². The molecule has 4 atom stereocenters. The van der Waals surface area contributed by atoms with Gasteiger partial charge in [-0.25, -0.2) is 4.79 Å². The molecule has 13 nitrogen and oxygen atoms in total. The predicted octanol–water partition coefficient (Wildman–Crippen LogP) is -1.42. The quantitative estimate of drug-likeness (QED) is 0.0602. The van der Waals surface area contributed by atoms with Crippen molar-refractivity contribution >= 4 is 53.2 Å². The zero-order valence-electron chi connectivity index (χ0n) is 20.4. The van der Waals surface area contributed by atoms with Gasteiger partial charge in [-0.05, 0) is 37.8 Å². The van der Waals surface area contributed by atoms with E-state index in [1.54, 1.807) is 6.20 Å². The van der Waals surface area contributed by atoms with Gasteiger partial charge >= 0.3 is 5.97 Å². The van der Waals surface area contributed by atoms with Gasteiger partial charge in [0.15, 0.2) is 5.96 Å². The van der Waals surface area contributed by atoms with Crippen LogP contribution in [0.2, 0.25) is 0 Å². The molecule has 4 unspecified atom stereocenters. The van der Waals surface area contributed by atoms with Crippen molar-refractivity contribution in [2.75, 3.05) is 12.3 Å². The van der Waals surface area contributed by atoms with Crippen molar-refractivity contribution in [3.8, 4) is 0 Å². The molecule has 0 aliphatic rings. The van der Waals surface area contributed by atoms with Gasteiger partial charge in [-0.1, -0.05) is 18.2 Å². The van der Waals surface area contributed by atoms with Crippen molar-refractivity contribution < 1.29 is 24.3 Å². The van der Waals surface area contributed by atoms with Crippen LogP contribution in [-0.2, 0) is 25.6 Å². The van der Waals surface area contributed by atoms with Crippen LogP contribution >= 0.6 is 12.6 Å². The van der Waals surface area contributed by atoms with Crippen LogP contribution in [-0.4, -0.2) is 76.2 Å². The summed E-state index contributed by atoms with van der Waals surface area (Å²) in [6, 6.07) is 3.35. The number of hydrogen-bond donors (Lipinski definition) is 9. The maximum Gasteiger partial charge on any atom is 0.326 e. The highest BCUT2D eigenvalue weighted by atomic mass is 32.1. The molecule has 2 aromatic rings. The van der Waals surface area contributed by atoms with Gasteiger partial charge in [0, 0.05) is 29.4 Å². The number of carboxylic acids is 1. The van der Waals surface area contributed by atoms with Crippen molar-refractivity contribution in [1.82, 2.24) is 20.9 Å². The summed E-state index contributed by atoms with van der Waals surface area (Å²) < 4.78 is 0. The number of H-pyrrole nitrogens is 1. The Balaban J connectivity index is 1.89. The lowest BCUT2D eigenvalue weighted by Crippen LogP contribution is -2.57. The van der Waals surface area contributed by atoms with E-state index in [2.05, 4.69) is 38.6 Å². The molecule has 1 heterocycles. The number of fused-ring (bicyclic) bond motifs is 1. The Bertz CT molecular complexity index is 1130. The summed E-state index contributed by atoms with van der Waals surface area (Å²) in [6.45, 7) is 1.60. The fourth-order valence-electron chi connectivity index (χ4n) is 3.54. The van der Waals surface area contributed by atoms with Gasteiger partial charge in [0.1, 0.15) is 18.1 Å². The second-order valence-corrected chi connectivity index (χ2v) is 8.86. The number of carbonyl (C=O) groups is 4. The monoisotopic (exact) mass is 534 g/mol.